The molecule has 13 heavy (non-hydrogen) atoms. The van der Waals surface area contributed by atoms with Crippen molar-refractivity contribution >= 4 is 5.97 Å². The summed E-state index contributed by atoms with van der Waals surface area (Å²) in [4.78, 5) is 11.1. The van der Waals surface area contributed by atoms with Gasteiger partial charge in [0.15, 0.2) is 0 Å². The summed E-state index contributed by atoms with van der Waals surface area (Å²) in [5, 5.41) is 0. The number of rotatable bonds is 3. The zero-order valence-corrected chi connectivity index (χ0v) is 8.12. The molecule has 1 rings (SSSR count). The van der Waals surface area contributed by atoms with Gasteiger partial charge in [-0.2, -0.15) is 0 Å². The average Bonchev–Trinajstić information content (AvgIpc) is 2.18. The molecule has 2 atom stereocenters. The summed E-state index contributed by atoms with van der Waals surface area (Å²) in [7, 11) is 1.40. The van der Waals surface area contributed by atoms with Crippen LogP contribution in [-0.4, -0.2) is 39.0 Å². The van der Waals surface area contributed by atoms with Gasteiger partial charge in [0.1, 0.15) is 0 Å². The van der Waals surface area contributed by atoms with E-state index in [0.29, 0.717) is 26.2 Å². The molecule has 4 heteroatoms. The molecule has 4 nitrogen and oxygen atoms in total. The Morgan fingerprint density at radius 1 is 1.62 bits per heavy atom. The van der Waals surface area contributed by atoms with Gasteiger partial charge in [0.2, 0.25) is 0 Å². The molecule has 0 aromatic carbocycles. The second-order valence-corrected chi connectivity index (χ2v) is 3.23. The van der Waals surface area contributed by atoms with Crippen molar-refractivity contribution in [1.82, 2.24) is 0 Å². The number of hydrogen-bond acceptors (Lipinski definition) is 4. The minimum atomic E-state index is -0.186. The number of methoxy groups -OCH3 is 1. The van der Waals surface area contributed by atoms with Crippen molar-refractivity contribution in [1.29, 1.82) is 0 Å². The monoisotopic (exact) mass is 188 g/mol. The molecule has 1 saturated heterocycles. The fourth-order valence-corrected chi connectivity index (χ4v) is 1.36. The first-order chi connectivity index (χ1) is 6.24. The maximum absolute atomic E-state index is 11.1. The van der Waals surface area contributed by atoms with Crippen LogP contribution in [0.3, 0.4) is 0 Å². The summed E-state index contributed by atoms with van der Waals surface area (Å²) >= 11 is 0. The van der Waals surface area contributed by atoms with Crippen molar-refractivity contribution < 1.29 is 19.0 Å². The lowest BCUT2D eigenvalue weighted by Gasteiger charge is -2.24. The first kappa shape index (κ1) is 10.5. The number of ether oxygens (including phenoxy) is 3. The van der Waals surface area contributed by atoms with Crippen molar-refractivity contribution in [3.63, 3.8) is 0 Å². The largest absolute Gasteiger partial charge is 0.469 e. The van der Waals surface area contributed by atoms with Crippen LogP contribution in [0.15, 0.2) is 0 Å². The summed E-state index contributed by atoms with van der Waals surface area (Å²) in [6.45, 7) is 3.70. The Morgan fingerprint density at radius 3 is 2.92 bits per heavy atom. The van der Waals surface area contributed by atoms with Crippen molar-refractivity contribution in [2.75, 3.05) is 26.9 Å². The zero-order chi connectivity index (χ0) is 9.68. The van der Waals surface area contributed by atoms with Gasteiger partial charge in [-0.1, -0.05) is 6.92 Å². The molecule has 0 spiro atoms. The quantitative estimate of drug-likeness (QED) is 0.608. The normalized spacial score (nSPS) is 25.2. The van der Waals surface area contributed by atoms with Crippen LogP contribution in [0.5, 0.6) is 0 Å². The molecule has 0 bridgehead atoms. The van der Waals surface area contributed by atoms with Crippen LogP contribution in [0.4, 0.5) is 0 Å². The highest BCUT2D eigenvalue weighted by Crippen LogP contribution is 2.13. The van der Waals surface area contributed by atoms with Gasteiger partial charge in [-0.3, -0.25) is 4.79 Å². The molecule has 76 valence electrons. The van der Waals surface area contributed by atoms with Crippen molar-refractivity contribution in [3.8, 4) is 0 Å². The molecule has 1 aliphatic rings. The van der Waals surface area contributed by atoms with Gasteiger partial charge < -0.3 is 14.2 Å². The van der Waals surface area contributed by atoms with Gasteiger partial charge in [-0.15, -0.1) is 0 Å². The Kier molecular flexibility index (Phi) is 4.18. The molecule has 0 N–H and O–H groups in total. The Morgan fingerprint density at radius 2 is 2.38 bits per heavy atom. The zero-order valence-electron chi connectivity index (χ0n) is 8.12. The average molecular weight is 188 g/mol. The third-order valence-electron chi connectivity index (χ3n) is 2.10. The van der Waals surface area contributed by atoms with E-state index in [4.69, 9.17) is 9.47 Å². The topological polar surface area (TPSA) is 44.8 Å². The van der Waals surface area contributed by atoms with Gasteiger partial charge in [0, 0.05) is 0 Å². The first-order valence-electron chi connectivity index (χ1n) is 4.51. The van der Waals surface area contributed by atoms with Crippen LogP contribution >= 0.6 is 0 Å². The van der Waals surface area contributed by atoms with Gasteiger partial charge in [0.05, 0.1) is 39.0 Å². The van der Waals surface area contributed by atoms with E-state index >= 15 is 0 Å². The summed E-state index contributed by atoms with van der Waals surface area (Å²) in [5.41, 5.74) is 0. The van der Waals surface area contributed by atoms with Gasteiger partial charge in [-0.05, 0) is 6.42 Å². The third kappa shape index (κ3) is 3.32. The smallest absolute Gasteiger partial charge is 0.308 e. The maximum Gasteiger partial charge on any atom is 0.308 e. The Labute approximate surface area is 78.2 Å². The highest BCUT2D eigenvalue weighted by atomic mass is 16.6. The van der Waals surface area contributed by atoms with E-state index in [1.165, 1.54) is 7.11 Å². The van der Waals surface area contributed by atoms with Crippen LogP contribution in [0.25, 0.3) is 0 Å². The fraction of sp³-hybridized carbons (Fsp3) is 0.889. The predicted molar refractivity (Wildman–Crippen MR) is 46.4 cm³/mol. The van der Waals surface area contributed by atoms with E-state index in [9.17, 15) is 4.79 Å². The number of esters is 1. The molecule has 0 unspecified atom stereocenters. The molecule has 0 aromatic heterocycles. The lowest BCUT2D eigenvalue weighted by Crippen LogP contribution is -2.31. The van der Waals surface area contributed by atoms with E-state index in [1.807, 2.05) is 6.92 Å². The second-order valence-electron chi connectivity index (χ2n) is 3.23. The number of carbonyl (C=O) groups excluding carboxylic acids is 1. The van der Waals surface area contributed by atoms with Crippen molar-refractivity contribution in [3.05, 3.63) is 0 Å². The van der Waals surface area contributed by atoms with Crippen LogP contribution in [0.1, 0.15) is 13.3 Å². The summed E-state index contributed by atoms with van der Waals surface area (Å²) < 4.78 is 15.2. The molecule has 0 aliphatic carbocycles. The first-order valence-corrected chi connectivity index (χ1v) is 4.51. The molecule has 1 fully saturated rings. The standard InChI is InChI=1S/C9H16O4/c1-7(9(10)11-2)5-8-6-12-3-4-13-8/h7-8H,3-6H2,1-2H3/t7-,8-/m1/s1. The van der Waals surface area contributed by atoms with Crippen LogP contribution in [0, 0.1) is 5.92 Å². The van der Waals surface area contributed by atoms with Crippen LogP contribution in [-0.2, 0) is 19.0 Å². The summed E-state index contributed by atoms with van der Waals surface area (Å²) in [6.07, 6.45) is 0.718. The maximum atomic E-state index is 11.1. The van der Waals surface area contributed by atoms with E-state index in [0.717, 1.165) is 0 Å². The van der Waals surface area contributed by atoms with E-state index < -0.39 is 0 Å². The second kappa shape index (κ2) is 5.19. The van der Waals surface area contributed by atoms with Gasteiger partial charge >= 0.3 is 5.97 Å². The van der Waals surface area contributed by atoms with E-state index in [1.54, 1.807) is 0 Å². The molecule has 0 radical (unpaired) electrons. The molecule has 0 aromatic rings. The van der Waals surface area contributed by atoms with Gasteiger partial charge in [0.25, 0.3) is 0 Å². The molecule has 0 saturated carbocycles. The Bertz CT molecular complexity index is 163. The molecular formula is C9H16O4. The molecule has 0 amide bonds. The Balaban J connectivity index is 2.25. The highest BCUT2D eigenvalue weighted by Gasteiger charge is 2.21. The van der Waals surface area contributed by atoms with E-state index in [2.05, 4.69) is 4.74 Å². The van der Waals surface area contributed by atoms with Crippen LogP contribution in [0.2, 0.25) is 0 Å². The minimum Gasteiger partial charge on any atom is -0.469 e. The van der Waals surface area contributed by atoms with E-state index in [-0.39, 0.29) is 18.0 Å². The highest BCUT2D eigenvalue weighted by molar-refractivity contribution is 5.71. The third-order valence-corrected chi connectivity index (χ3v) is 2.10. The van der Waals surface area contributed by atoms with Gasteiger partial charge in [-0.25, -0.2) is 0 Å². The fourth-order valence-electron chi connectivity index (χ4n) is 1.36. The lowest BCUT2D eigenvalue weighted by atomic mass is 10.0. The lowest BCUT2D eigenvalue weighted by molar-refractivity contribution is -0.148. The predicted octanol–water partition coefficient (Wildman–Crippen LogP) is 0.601. The summed E-state index contributed by atoms with van der Waals surface area (Å²) in [6, 6.07) is 0. The minimum absolute atomic E-state index is 0.0443. The van der Waals surface area contributed by atoms with Crippen molar-refractivity contribution in [2.45, 2.75) is 19.4 Å². The van der Waals surface area contributed by atoms with Crippen molar-refractivity contribution in [2.24, 2.45) is 5.92 Å². The molecule has 1 heterocycles. The summed E-state index contributed by atoms with van der Waals surface area (Å²) in [5.74, 6) is -0.300. The molecule has 1 aliphatic heterocycles. The molecular weight excluding hydrogens is 172 g/mol. The Hall–Kier alpha value is -0.610. The number of carbonyl (C=O) groups is 1. The number of hydrogen-bond donors (Lipinski definition) is 0. The van der Waals surface area contributed by atoms with Crippen LogP contribution < -0.4 is 0 Å². The SMILES string of the molecule is COC(=O)[C@H](C)C[C@@H]1COCCO1.